The molecule has 0 unspecified atom stereocenters. The van der Waals surface area contributed by atoms with Crippen molar-refractivity contribution in [2.75, 3.05) is 30.4 Å². The predicted octanol–water partition coefficient (Wildman–Crippen LogP) is 5.32. The highest BCUT2D eigenvalue weighted by atomic mass is 35.5. The van der Waals surface area contributed by atoms with E-state index in [1.54, 1.807) is 19.4 Å². The molecule has 0 saturated heterocycles. The van der Waals surface area contributed by atoms with Crippen LogP contribution < -0.4 is 15.0 Å². The van der Waals surface area contributed by atoms with Crippen molar-refractivity contribution < 1.29 is 4.74 Å². The van der Waals surface area contributed by atoms with Gasteiger partial charge < -0.3 is 15.0 Å². The Labute approximate surface area is 171 Å². The number of ether oxygens (including phenoxy) is 1. The van der Waals surface area contributed by atoms with Crippen LogP contribution in [0.15, 0.2) is 30.5 Å². The van der Waals surface area contributed by atoms with Crippen LogP contribution >= 0.6 is 11.6 Å². The highest BCUT2D eigenvalue weighted by Crippen LogP contribution is 2.33. The van der Waals surface area contributed by atoms with E-state index < -0.39 is 0 Å². The molecule has 7 heteroatoms. The van der Waals surface area contributed by atoms with Crippen molar-refractivity contribution in [3.8, 4) is 5.75 Å². The third-order valence-electron chi connectivity index (χ3n) is 4.67. The van der Waals surface area contributed by atoms with Gasteiger partial charge >= 0.3 is 0 Å². The van der Waals surface area contributed by atoms with Gasteiger partial charge in [-0.25, -0.2) is 4.98 Å². The van der Waals surface area contributed by atoms with Gasteiger partial charge in [-0.15, -0.1) is 0 Å². The quantitative estimate of drug-likeness (QED) is 0.525. The predicted molar refractivity (Wildman–Crippen MR) is 116 cm³/mol. The number of aromatic nitrogens is 3. The van der Waals surface area contributed by atoms with Crippen LogP contribution in [0.25, 0.3) is 5.65 Å². The highest BCUT2D eigenvalue weighted by Gasteiger charge is 2.20. The van der Waals surface area contributed by atoms with E-state index in [-0.39, 0.29) is 0 Å². The summed E-state index contributed by atoms with van der Waals surface area (Å²) < 4.78 is 7.20. The second kappa shape index (κ2) is 9.15. The number of nitrogens with one attached hydrogen (secondary N) is 1. The normalized spacial score (nSPS) is 11.0. The molecular formula is C21H28ClN5O. The van der Waals surface area contributed by atoms with Crippen molar-refractivity contribution in [2.24, 2.45) is 0 Å². The van der Waals surface area contributed by atoms with Crippen LogP contribution in [0.5, 0.6) is 5.75 Å². The molecule has 3 rings (SSSR count). The fraction of sp³-hybridized carbons (Fsp3) is 0.429. The van der Waals surface area contributed by atoms with Crippen LogP contribution in [0.1, 0.15) is 39.2 Å². The lowest BCUT2D eigenvalue weighted by atomic mass is 10.1. The molecule has 150 valence electrons. The average Bonchev–Trinajstić information content (AvgIpc) is 3.16. The first-order valence-electron chi connectivity index (χ1n) is 9.84. The first-order chi connectivity index (χ1) is 13.6. The minimum atomic E-state index is 0.595. The number of anilines is 3. The van der Waals surface area contributed by atoms with E-state index in [1.165, 1.54) is 0 Å². The lowest BCUT2D eigenvalue weighted by molar-refractivity contribution is 0.415. The Morgan fingerprint density at radius 1 is 1.14 bits per heavy atom. The average molecular weight is 402 g/mol. The monoisotopic (exact) mass is 401 g/mol. The summed E-state index contributed by atoms with van der Waals surface area (Å²) in [6.07, 6.45) is 4.77. The number of nitrogens with zero attached hydrogens (tertiary/aromatic N) is 4. The van der Waals surface area contributed by atoms with E-state index in [1.807, 2.05) is 22.7 Å². The maximum absolute atomic E-state index is 6.45. The lowest BCUT2D eigenvalue weighted by Crippen LogP contribution is -2.29. The smallest absolute Gasteiger partial charge is 0.159 e. The molecule has 1 aromatic carbocycles. The summed E-state index contributed by atoms with van der Waals surface area (Å²) in [5.74, 6) is 2.64. The van der Waals surface area contributed by atoms with Gasteiger partial charge in [0.05, 0.1) is 24.0 Å². The zero-order chi connectivity index (χ0) is 20.1. The number of benzene rings is 1. The van der Waals surface area contributed by atoms with Crippen LogP contribution in [0, 0.1) is 0 Å². The second-order valence-electron chi connectivity index (χ2n) is 6.68. The van der Waals surface area contributed by atoms with Gasteiger partial charge in [-0.05, 0) is 31.4 Å². The zero-order valence-electron chi connectivity index (χ0n) is 17.0. The molecule has 0 spiro atoms. The summed E-state index contributed by atoms with van der Waals surface area (Å²) in [6, 6.07) is 7.53. The molecular weight excluding hydrogens is 374 g/mol. The van der Waals surface area contributed by atoms with E-state index >= 15 is 0 Å². The zero-order valence-corrected chi connectivity index (χ0v) is 17.8. The SMILES string of the molecule is CCCN(CCC)c1c(CC)c(Nc2ccc(OC)cc2Cl)nc2ccnn12. The maximum Gasteiger partial charge on any atom is 0.159 e. The molecule has 0 bridgehead atoms. The lowest BCUT2D eigenvalue weighted by Gasteiger charge is -2.28. The molecule has 28 heavy (non-hydrogen) atoms. The molecule has 0 saturated carbocycles. The number of methoxy groups -OCH3 is 1. The van der Waals surface area contributed by atoms with Gasteiger partial charge in [-0.2, -0.15) is 9.61 Å². The second-order valence-corrected chi connectivity index (χ2v) is 7.08. The topological polar surface area (TPSA) is 54.7 Å². The summed E-state index contributed by atoms with van der Waals surface area (Å²) in [6.45, 7) is 8.50. The van der Waals surface area contributed by atoms with Crippen LogP contribution in [0.3, 0.4) is 0 Å². The standard InChI is InChI=1S/C21H28ClN5O/c1-5-12-26(13-6-2)21-16(7-3)20(25-19-10-11-23-27(19)21)24-18-9-8-15(28-4)14-17(18)22/h8-11,14H,5-7,12-13H2,1-4H3,(H,24,25). The number of hydrogen-bond acceptors (Lipinski definition) is 5. The Kier molecular flexibility index (Phi) is 6.62. The van der Waals surface area contributed by atoms with Crippen LogP contribution in [-0.2, 0) is 6.42 Å². The van der Waals surface area contributed by atoms with Crippen molar-refractivity contribution in [3.63, 3.8) is 0 Å². The molecule has 0 aliphatic heterocycles. The van der Waals surface area contributed by atoms with Gasteiger partial charge in [-0.1, -0.05) is 32.4 Å². The molecule has 0 radical (unpaired) electrons. The fourth-order valence-electron chi connectivity index (χ4n) is 3.43. The molecule has 0 fully saturated rings. The van der Waals surface area contributed by atoms with Crippen LogP contribution in [0.2, 0.25) is 5.02 Å². The van der Waals surface area contributed by atoms with Crippen LogP contribution in [-0.4, -0.2) is 34.8 Å². The third kappa shape index (κ3) is 4.02. The Balaban J connectivity index is 2.12. The molecule has 2 heterocycles. The summed E-state index contributed by atoms with van der Waals surface area (Å²) in [7, 11) is 1.63. The summed E-state index contributed by atoms with van der Waals surface area (Å²) in [5.41, 5.74) is 2.75. The van der Waals surface area contributed by atoms with Gasteiger partial charge in [-0.3, -0.25) is 0 Å². The molecule has 1 N–H and O–H groups in total. The Morgan fingerprint density at radius 3 is 2.50 bits per heavy atom. The van der Waals surface area contributed by atoms with Crippen molar-refractivity contribution >= 4 is 34.6 Å². The van der Waals surface area contributed by atoms with Gasteiger partial charge in [0.15, 0.2) is 5.65 Å². The van der Waals surface area contributed by atoms with E-state index in [0.717, 1.165) is 66.6 Å². The van der Waals surface area contributed by atoms with Crippen molar-refractivity contribution in [3.05, 3.63) is 41.0 Å². The molecule has 0 aliphatic rings. The third-order valence-corrected chi connectivity index (χ3v) is 4.99. The molecule has 3 aromatic rings. The molecule has 6 nitrogen and oxygen atoms in total. The highest BCUT2D eigenvalue weighted by molar-refractivity contribution is 6.33. The first-order valence-corrected chi connectivity index (χ1v) is 10.2. The van der Waals surface area contributed by atoms with Gasteiger partial charge in [0.1, 0.15) is 17.4 Å². The molecule has 2 aromatic heterocycles. The van der Waals surface area contributed by atoms with E-state index in [0.29, 0.717) is 5.02 Å². The largest absolute Gasteiger partial charge is 0.497 e. The number of halogens is 1. The summed E-state index contributed by atoms with van der Waals surface area (Å²) in [4.78, 5) is 7.23. The number of fused-ring (bicyclic) bond motifs is 1. The van der Waals surface area contributed by atoms with Gasteiger partial charge in [0, 0.05) is 30.8 Å². The minimum absolute atomic E-state index is 0.595. The minimum Gasteiger partial charge on any atom is -0.497 e. The van der Waals surface area contributed by atoms with Crippen molar-refractivity contribution in [1.29, 1.82) is 0 Å². The summed E-state index contributed by atoms with van der Waals surface area (Å²) >= 11 is 6.45. The van der Waals surface area contributed by atoms with Crippen molar-refractivity contribution in [1.82, 2.24) is 14.6 Å². The Bertz CT molecular complexity index is 934. The first kappa shape index (κ1) is 20.3. The molecule has 0 aliphatic carbocycles. The fourth-order valence-corrected chi connectivity index (χ4v) is 3.65. The van der Waals surface area contributed by atoms with Crippen molar-refractivity contribution in [2.45, 2.75) is 40.0 Å². The van der Waals surface area contributed by atoms with Gasteiger partial charge in [0.2, 0.25) is 0 Å². The van der Waals surface area contributed by atoms with Crippen LogP contribution in [0.4, 0.5) is 17.3 Å². The van der Waals surface area contributed by atoms with E-state index in [9.17, 15) is 0 Å². The van der Waals surface area contributed by atoms with E-state index in [4.69, 9.17) is 21.3 Å². The van der Waals surface area contributed by atoms with Gasteiger partial charge in [0.25, 0.3) is 0 Å². The molecule has 0 atom stereocenters. The van der Waals surface area contributed by atoms with E-state index in [2.05, 4.69) is 36.1 Å². The number of rotatable bonds is 9. The Morgan fingerprint density at radius 2 is 1.89 bits per heavy atom. The number of hydrogen-bond donors (Lipinski definition) is 1. The molecule has 0 amide bonds. The maximum atomic E-state index is 6.45. The Hall–Kier alpha value is -2.47. The summed E-state index contributed by atoms with van der Waals surface area (Å²) in [5, 5.41) is 8.58.